The van der Waals surface area contributed by atoms with E-state index in [9.17, 15) is 22.4 Å². The molecule has 2 N–H and O–H groups in total. The summed E-state index contributed by atoms with van der Waals surface area (Å²) in [6, 6.07) is 9.15. The van der Waals surface area contributed by atoms with Gasteiger partial charge in [-0.1, -0.05) is 6.07 Å². The first kappa shape index (κ1) is 14.8. The van der Waals surface area contributed by atoms with Gasteiger partial charge in [0.05, 0.1) is 11.3 Å². The molecule has 0 bridgehead atoms. The Morgan fingerprint density at radius 1 is 1.00 bits per heavy atom. The molecule has 0 fully saturated rings. The molecule has 7 heteroatoms. The van der Waals surface area contributed by atoms with Gasteiger partial charge in [0.25, 0.3) is 5.91 Å². The van der Waals surface area contributed by atoms with Crippen LogP contribution in [0.3, 0.4) is 0 Å². The van der Waals surface area contributed by atoms with E-state index in [1.807, 2.05) is 0 Å². The second-order valence-electron chi connectivity index (χ2n) is 4.16. The van der Waals surface area contributed by atoms with Crippen LogP contribution in [0.5, 0.6) is 0 Å². The standard InChI is InChI=1S/C14H10F4N2O/c15-11-4-6-12(7-5-11)19-20-13(21)9-2-1-3-10(8-9)14(16,17)18/h1-8,19H,(H,20,21). The normalized spacial score (nSPS) is 11.0. The molecule has 0 saturated carbocycles. The highest BCUT2D eigenvalue weighted by atomic mass is 19.4. The largest absolute Gasteiger partial charge is 0.416 e. The first-order valence-corrected chi connectivity index (χ1v) is 5.85. The summed E-state index contributed by atoms with van der Waals surface area (Å²) in [5.74, 6) is -1.17. The van der Waals surface area contributed by atoms with Crippen LogP contribution in [0.25, 0.3) is 0 Å². The lowest BCUT2D eigenvalue weighted by atomic mass is 10.1. The molecule has 21 heavy (non-hydrogen) atoms. The maximum absolute atomic E-state index is 12.7. The van der Waals surface area contributed by atoms with Gasteiger partial charge in [-0.05, 0) is 42.5 Å². The predicted octanol–water partition coefficient (Wildman–Crippen LogP) is 3.60. The molecule has 0 radical (unpaired) electrons. The van der Waals surface area contributed by atoms with Gasteiger partial charge >= 0.3 is 6.18 Å². The molecule has 0 aliphatic heterocycles. The number of carbonyl (C=O) groups excluding carboxylic acids is 1. The van der Waals surface area contributed by atoms with Gasteiger partial charge in [-0.3, -0.25) is 15.6 Å². The van der Waals surface area contributed by atoms with Crippen LogP contribution in [0.15, 0.2) is 48.5 Å². The van der Waals surface area contributed by atoms with E-state index in [-0.39, 0.29) is 5.56 Å². The second-order valence-corrected chi connectivity index (χ2v) is 4.16. The zero-order valence-electron chi connectivity index (χ0n) is 10.5. The lowest BCUT2D eigenvalue weighted by Gasteiger charge is -2.10. The molecule has 3 nitrogen and oxygen atoms in total. The average molecular weight is 298 g/mol. The number of benzene rings is 2. The van der Waals surface area contributed by atoms with E-state index in [4.69, 9.17) is 0 Å². The van der Waals surface area contributed by atoms with Crippen LogP contribution in [0.2, 0.25) is 0 Å². The Labute approximate surface area is 117 Å². The van der Waals surface area contributed by atoms with Crippen molar-refractivity contribution in [3.05, 3.63) is 65.5 Å². The van der Waals surface area contributed by atoms with Crippen LogP contribution in [0, 0.1) is 5.82 Å². The molecule has 0 unspecified atom stereocenters. The molecule has 0 heterocycles. The monoisotopic (exact) mass is 298 g/mol. The number of halogens is 4. The minimum absolute atomic E-state index is 0.139. The molecule has 0 atom stereocenters. The Balaban J connectivity index is 2.05. The fraction of sp³-hybridized carbons (Fsp3) is 0.0714. The molecular weight excluding hydrogens is 288 g/mol. The summed E-state index contributed by atoms with van der Waals surface area (Å²) in [7, 11) is 0. The second kappa shape index (κ2) is 5.82. The summed E-state index contributed by atoms with van der Waals surface area (Å²) < 4.78 is 50.3. The molecule has 2 aromatic rings. The van der Waals surface area contributed by atoms with E-state index in [2.05, 4.69) is 10.9 Å². The summed E-state index contributed by atoms with van der Waals surface area (Å²) in [5, 5.41) is 0. The Morgan fingerprint density at radius 3 is 2.29 bits per heavy atom. The van der Waals surface area contributed by atoms with E-state index < -0.39 is 23.5 Å². The molecule has 0 spiro atoms. The first-order chi connectivity index (χ1) is 9.86. The summed E-state index contributed by atoms with van der Waals surface area (Å²) in [6.07, 6.45) is -4.51. The smallest absolute Gasteiger partial charge is 0.298 e. The van der Waals surface area contributed by atoms with Crippen molar-refractivity contribution in [2.75, 3.05) is 5.43 Å². The SMILES string of the molecule is O=C(NNc1ccc(F)cc1)c1cccc(C(F)(F)F)c1. The highest BCUT2D eigenvalue weighted by Crippen LogP contribution is 2.29. The number of amides is 1. The van der Waals surface area contributed by atoms with Crippen molar-refractivity contribution >= 4 is 11.6 Å². The van der Waals surface area contributed by atoms with Gasteiger partial charge in [-0.15, -0.1) is 0 Å². The van der Waals surface area contributed by atoms with Gasteiger partial charge < -0.3 is 0 Å². The Kier molecular flexibility index (Phi) is 4.11. The van der Waals surface area contributed by atoms with Gasteiger partial charge in [0.1, 0.15) is 5.82 Å². The van der Waals surface area contributed by atoms with Crippen molar-refractivity contribution in [2.45, 2.75) is 6.18 Å². The van der Waals surface area contributed by atoms with Gasteiger partial charge in [-0.2, -0.15) is 13.2 Å². The van der Waals surface area contributed by atoms with Crippen LogP contribution in [0.4, 0.5) is 23.2 Å². The number of alkyl halides is 3. The number of hydrazine groups is 1. The summed E-state index contributed by atoms with van der Waals surface area (Å²) in [6.45, 7) is 0. The zero-order chi connectivity index (χ0) is 15.5. The van der Waals surface area contributed by atoms with Crippen LogP contribution in [-0.4, -0.2) is 5.91 Å². The van der Waals surface area contributed by atoms with Crippen molar-refractivity contribution < 1.29 is 22.4 Å². The van der Waals surface area contributed by atoms with Gasteiger partial charge in [0.2, 0.25) is 0 Å². The van der Waals surface area contributed by atoms with Gasteiger partial charge in [0, 0.05) is 5.56 Å². The van der Waals surface area contributed by atoms with E-state index in [1.165, 1.54) is 30.3 Å². The number of hydrogen-bond acceptors (Lipinski definition) is 2. The number of rotatable bonds is 3. The average Bonchev–Trinajstić information content (AvgIpc) is 2.45. The lowest BCUT2D eigenvalue weighted by Crippen LogP contribution is -2.29. The molecule has 2 rings (SSSR count). The van der Waals surface area contributed by atoms with Crippen LogP contribution in [0.1, 0.15) is 15.9 Å². The Bertz CT molecular complexity index is 638. The topological polar surface area (TPSA) is 41.1 Å². The maximum atomic E-state index is 12.7. The molecule has 2 aromatic carbocycles. The summed E-state index contributed by atoms with van der Waals surface area (Å²) in [4.78, 5) is 11.7. The van der Waals surface area contributed by atoms with Crippen LogP contribution in [-0.2, 0) is 6.18 Å². The van der Waals surface area contributed by atoms with Crippen molar-refractivity contribution in [2.24, 2.45) is 0 Å². The molecule has 0 aliphatic rings. The number of anilines is 1. The molecule has 110 valence electrons. The van der Waals surface area contributed by atoms with Crippen LogP contribution < -0.4 is 10.9 Å². The third-order valence-corrected chi connectivity index (χ3v) is 2.62. The summed E-state index contributed by atoms with van der Waals surface area (Å²) in [5.41, 5.74) is 4.07. The van der Waals surface area contributed by atoms with E-state index >= 15 is 0 Å². The number of hydrogen-bond donors (Lipinski definition) is 2. The van der Waals surface area contributed by atoms with E-state index in [1.54, 1.807) is 0 Å². The Hall–Kier alpha value is -2.57. The number of nitrogens with one attached hydrogen (secondary N) is 2. The molecule has 0 aliphatic carbocycles. The van der Waals surface area contributed by atoms with Crippen LogP contribution >= 0.6 is 0 Å². The van der Waals surface area contributed by atoms with Gasteiger partial charge in [0.15, 0.2) is 0 Å². The van der Waals surface area contributed by atoms with Crippen molar-refractivity contribution in [3.63, 3.8) is 0 Å². The quantitative estimate of drug-likeness (QED) is 0.671. The third-order valence-electron chi connectivity index (χ3n) is 2.62. The highest BCUT2D eigenvalue weighted by molar-refractivity contribution is 5.95. The molecular formula is C14H10F4N2O. The fourth-order valence-corrected chi connectivity index (χ4v) is 1.57. The van der Waals surface area contributed by atoms with Crippen molar-refractivity contribution in [3.8, 4) is 0 Å². The van der Waals surface area contributed by atoms with Gasteiger partial charge in [-0.25, -0.2) is 4.39 Å². The van der Waals surface area contributed by atoms with E-state index in [0.717, 1.165) is 18.2 Å². The third kappa shape index (κ3) is 3.95. The number of carbonyl (C=O) groups is 1. The molecule has 0 saturated heterocycles. The summed E-state index contributed by atoms with van der Waals surface area (Å²) >= 11 is 0. The highest BCUT2D eigenvalue weighted by Gasteiger charge is 2.30. The maximum Gasteiger partial charge on any atom is 0.416 e. The fourth-order valence-electron chi connectivity index (χ4n) is 1.57. The molecule has 1 amide bonds. The molecule has 0 aromatic heterocycles. The first-order valence-electron chi connectivity index (χ1n) is 5.85. The van der Waals surface area contributed by atoms with Crippen molar-refractivity contribution in [1.29, 1.82) is 0 Å². The Morgan fingerprint density at radius 2 is 1.67 bits per heavy atom. The minimum atomic E-state index is -4.51. The minimum Gasteiger partial charge on any atom is -0.298 e. The van der Waals surface area contributed by atoms with Crippen molar-refractivity contribution in [1.82, 2.24) is 5.43 Å². The lowest BCUT2D eigenvalue weighted by molar-refractivity contribution is -0.137. The predicted molar refractivity (Wildman–Crippen MR) is 68.9 cm³/mol. The zero-order valence-corrected chi connectivity index (χ0v) is 10.5. The van der Waals surface area contributed by atoms with E-state index in [0.29, 0.717) is 5.69 Å².